The maximum absolute atomic E-state index is 12.4. The zero-order valence-electron chi connectivity index (χ0n) is 14.8. The molecule has 1 spiro atoms. The molecule has 124 valence electrons. The quantitative estimate of drug-likeness (QED) is 0.671. The molecule has 0 N–H and O–H groups in total. The largest absolute Gasteiger partial charge is 0.458 e. The SMILES string of the molecule is CCC(CC)(OC(=O)C(C)C)C12CC3CC4CC(C1)C4(C3)C2. The molecule has 0 heterocycles. The molecular weight excluding hydrogens is 272 g/mol. The highest BCUT2D eigenvalue weighted by Gasteiger charge is 2.74. The van der Waals surface area contributed by atoms with Crippen molar-refractivity contribution >= 4 is 5.97 Å². The highest BCUT2D eigenvalue weighted by molar-refractivity contribution is 5.72. The summed E-state index contributed by atoms with van der Waals surface area (Å²) in [5.41, 5.74) is 0.759. The summed E-state index contributed by atoms with van der Waals surface area (Å²) in [6.45, 7) is 8.43. The predicted octanol–water partition coefficient (Wildman–Crippen LogP) is 4.96. The Morgan fingerprint density at radius 1 is 1.14 bits per heavy atom. The highest BCUT2D eigenvalue weighted by atomic mass is 16.6. The van der Waals surface area contributed by atoms with E-state index in [1.165, 1.54) is 38.5 Å². The first-order valence-electron chi connectivity index (χ1n) is 9.63. The molecule has 0 aromatic heterocycles. The van der Waals surface area contributed by atoms with Crippen LogP contribution in [-0.2, 0) is 9.53 Å². The van der Waals surface area contributed by atoms with Crippen LogP contribution in [0.4, 0.5) is 0 Å². The van der Waals surface area contributed by atoms with Gasteiger partial charge in [0.1, 0.15) is 5.60 Å². The fourth-order valence-electron chi connectivity index (χ4n) is 7.45. The molecule has 0 amide bonds. The third-order valence-electron chi connectivity index (χ3n) is 8.34. The number of esters is 1. The number of fused-ring (bicyclic) bond motifs is 2. The van der Waals surface area contributed by atoms with Gasteiger partial charge in [0, 0.05) is 5.41 Å². The summed E-state index contributed by atoms with van der Waals surface area (Å²) >= 11 is 0. The van der Waals surface area contributed by atoms with Crippen molar-refractivity contribution in [3.8, 4) is 0 Å². The predicted molar refractivity (Wildman–Crippen MR) is 87.3 cm³/mol. The summed E-state index contributed by atoms with van der Waals surface area (Å²) in [7, 11) is 0. The third kappa shape index (κ3) is 1.60. The van der Waals surface area contributed by atoms with Crippen molar-refractivity contribution in [3.63, 3.8) is 0 Å². The van der Waals surface area contributed by atoms with Crippen LogP contribution in [0.5, 0.6) is 0 Å². The molecule has 4 aliphatic carbocycles. The van der Waals surface area contributed by atoms with Gasteiger partial charge in [-0.3, -0.25) is 4.79 Å². The van der Waals surface area contributed by atoms with Crippen LogP contribution in [0.3, 0.4) is 0 Å². The zero-order chi connectivity index (χ0) is 15.8. The Morgan fingerprint density at radius 3 is 2.50 bits per heavy atom. The van der Waals surface area contributed by atoms with Gasteiger partial charge in [0.05, 0.1) is 5.92 Å². The molecule has 4 rings (SSSR count). The van der Waals surface area contributed by atoms with Crippen LogP contribution >= 0.6 is 0 Å². The normalized spacial score (nSPS) is 45.0. The smallest absolute Gasteiger partial charge is 0.308 e. The van der Waals surface area contributed by atoms with Gasteiger partial charge in [0.25, 0.3) is 0 Å². The average Bonchev–Trinajstić information content (AvgIpc) is 2.80. The van der Waals surface area contributed by atoms with E-state index in [4.69, 9.17) is 4.74 Å². The number of ether oxygens (including phenoxy) is 1. The molecule has 5 unspecified atom stereocenters. The molecule has 4 saturated carbocycles. The third-order valence-corrected chi connectivity index (χ3v) is 8.34. The molecule has 0 aliphatic heterocycles. The first kappa shape index (κ1) is 15.0. The van der Waals surface area contributed by atoms with Gasteiger partial charge in [-0.05, 0) is 74.5 Å². The fourth-order valence-corrected chi connectivity index (χ4v) is 7.45. The van der Waals surface area contributed by atoms with E-state index in [1.54, 1.807) is 0 Å². The van der Waals surface area contributed by atoms with Crippen LogP contribution in [0.15, 0.2) is 0 Å². The molecule has 2 nitrogen and oxygen atoms in total. The van der Waals surface area contributed by atoms with E-state index in [0.29, 0.717) is 10.8 Å². The van der Waals surface area contributed by atoms with Gasteiger partial charge in [-0.15, -0.1) is 0 Å². The molecule has 0 aromatic carbocycles. The Morgan fingerprint density at radius 2 is 1.86 bits per heavy atom. The van der Waals surface area contributed by atoms with Crippen LogP contribution in [0.1, 0.15) is 79.1 Å². The Bertz CT molecular complexity index is 488. The van der Waals surface area contributed by atoms with E-state index in [0.717, 1.165) is 30.6 Å². The minimum absolute atomic E-state index is 0.0155. The van der Waals surface area contributed by atoms with Gasteiger partial charge < -0.3 is 4.74 Å². The van der Waals surface area contributed by atoms with Crippen LogP contribution in [0.2, 0.25) is 0 Å². The monoisotopic (exact) mass is 304 g/mol. The second-order valence-corrected chi connectivity index (χ2v) is 9.31. The summed E-state index contributed by atoms with van der Waals surface area (Å²) in [4.78, 5) is 12.4. The molecule has 5 atom stereocenters. The van der Waals surface area contributed by atoms with Crippen LogP contribution in [0, 0.1) is 34.5 Å². The number of hydrogen-bond donors (Lipinski definition) is 0. The summed E-state index contributed by atoms with van der Waals surface area (Å²) in [6.07, 6.45) is 10.4. The summed E-state index contributed by atoms with van der Waals surface area (Å²) in [5.74, 6) is 2.88. The van der Waals surface area contributed by atoms with Crippen molar-refractivity contribution in [1.82, 2.24) is 0 Å². The van der Waals surface area contributed by atoms with Gasteiger partial charge in [-0.25, -0.2) is 0 Å². The highest BCUT2D eigenvalue weighted by Crippen LogP contribution is 2.81. The van der Waals surface area contributed by atoms with Gasteiger partial charge in [0.2, 0.25) is 0 Å². The first-order chi connectivity index (χ1) is 10.4. The lowest BCUT2D eigenvalue weighted by molar-refractivity contribution is -0.189. The minimum atomic E-state index is -0.202. The second kappa shape index (κ2) is 4.51. The second-order valence-electron chi connectivity index (χ2n) is 9.31. The summed E-state index contributed by atoms with van der Waals surface area (Å²) < 4.78 is 6.31. The molecule has 2 heteroatoms. The minimum Gasteiger partial charge on any atom is -0.458 e. The number of rotatable bonds is 5. The van der Waals surface area contributed by atoms with Crippen molar-refractivity contribution in [2.45, 2.75) is 84.7 Å². The number of carbonyl (C=O) groups is 1. The van der Waals surface area contributed by atoms with Crippen LogP contribution < -0.4 is 0 Å². The van der Waals surface area contributed by atoms with Gasteiger partial charge in [-0.2, -0.15) is 0 Å². The van der Waals surface area contributed by atoms with E-state index < -0.39 is 0 Å². The molecule has 4 fully saturated rings. The maximum Gasteiger partial charge on any atom is 0.308 e. The number of carbonyl (C=O) groups excluding carboxylic acids is 1. The molecule has 0 saturated heterocycles. The maximum atomic E-state index is 12.4. The van der Waals surface area contributed by atoms with E-state index in [9.17, 15) is 4.79 Å². The van der Waals surface area contributed by atoms with Crippen molar-refractivity contribution in [1.29, 1.82) is 0 Å². The zero-order valence-corrected chi connectivity index (χ0v) is 14.8. The molecule has 0 radical (unpaired) electrons. The summed E-state index contributed by atoms with van der Waals surface area (Å²) in [5, 5.41) is 0. The van der Waals surface area contributed by atoms with E-state index in [-0.39, 0.29) is 17.5 Å². The molecule has 4 aliphatic rings. The fraction of sp³-hybridized carbons (Fsp3) is 0.950. The molecular formula is C20H32O2. The van der Waals surface area contributed by atoms with E-state index in [2.05, 4.69) is 13.8 Å². The standard InChI is InChI=1S/C20H32O2/c1-5-20(6-2,22-17(21)13(3)4)18-9-14-7-15-8-16(11-18)19(15,10-14)12-18/h13-16H,5-12H2,1-4H3. The van der Waals surface area contributed by atoms with Crippen LogP contribution in [-0.4, -0.2) is 11.6 Å². The van der Waals surface area contributed by atoms with Crippen LogP contribution in [0.25, 0.3) is 0 Å². The Kier molecular flexibility index (Phi) is 3.08. The molecule has 22 heavy (non-hydrogen) atoms. The van der Waals surface area contributed by atoms with Gasteiger partial charge in [-0.1, -0.05) is 27.7 Å². The van der Waals surface area contributed by atoms with Crippen molar-refractivity contribution in [2.24, 2.45) is 34.5 Å². The van der Waals surface area contributed by atoms with E-state index in [1.807, 2.05) is 13.8 Å². The van der Waals surface area contributed by atoms with Crippen molar-refractivity contribution in [2.75, 3.05) is 0 Å². The number of hydrogen-bond acceptors (Lipinski definition) is 2. The Hall–Kier alpha value is -0.530. The first-order valence-corrected chi connectivity index (χ1v) is 9.63. The lowest BCUT2D eigenvalue weighted by Gasteiger charge is -2.52. The van der Waals surface area contributed by atoms with Gasteiger partial charge in [0.15, 0.2) is 0 Å². The summed E-state index contributed by atoms with van der Waals surface area (Å²) in [6, 6.07) is 0. The van der Waals surface area contributed by atoms with E-state index >= 15 is 0 Å². The Balaban J connectivity index is 1.70. The van der Waals surface area contributed by atoms with Crippen molar-refractivity contribution in [3.05, 3.63) is 0 Å². The van der Waals surface area contributed by atoms with Crippen molar-refractivity contribution < 1.29 is 9.53 Å². The molecule has 0 aromatic rings. The Labute approximate surface area is 135 Å². The molecule has 3 bridgehead atoms. The lowest BCUT2D eigenvalue weighted by Crippen LogP contribution is -2.52. The average molecular weight is 304 g/mol. The topological polar surface area (TPSA) is 26.3 Å². The van der Waals surface area contributed by atoms with Gasteiger partial charge >= 0.3 is 5.97 Å². The lowest BCUT2D eigenvalue weighted by atomic mass is 9.54.